The van der Waals surface area contributed by atoms with Crippen molar-refractivity contribution >= 4 is 40.0 Å². The minimum atomic E-state index is -4.66. The third-order valence-electron chi connectivity index (χ3n) is 2.80. The smallest absolute Gasteiger partial charge is 0.271 e. The number of hydrogen-bond donors (Lipinski definition) is 1. The minimum Gasteiger partial charge on any atom is -0.271 e. The Morgan fingerprint density at radius 1 is 1.35 bits per heavy atom. The Balaban J connectivity index is 2.31. The Hall–Kier alpha value is -2.13. The molecule has 23 heavy (non-hydrogen) atoms. The number of rotatable bonds is 4. The lowest BCUT2D eigenvalue weighted by Gasteiger charge is -2.08. The molecule has 0 saturated heterocycles. The Bertz CT molecular complexity index is 774. The van der Waals surface area contributed by atoms with E-state index in [1.165, 1.54) is 11.3 Å². The van der Waals surface area contributed by atoms with Crippen LogP contribution in [0.25, 0.3) is 0 Å². The average Bonchev–Trinajstić information content (AvgIpc) is 2.90. The number of benzene rings is 1. The highest BCUT2D eigenvalue weighted by Gasteiger charge is 2.33. The number of halogens is 4. The Morgan fingerprint density at radius 2 is 2.04 bits per heavy atom. The van der Waals surface area contributed by atoms with Gasteiger partial charge in [-0.05, 0) is 31.2 Å². The van der Waals surface area contributed by atoms with E-state index >= 15 is 0 Å². The molecule has 0 saturated carbocycles. The van der Waals surface area contributed by atoms with E-state index in [0.29, 0.717) is 16.1 Å². The van der Waals surface area contributed by atoms with Gasteiger partial charge in [0.15, 0.2) is 0 Å². The average molecular weight is 364 g/mol. The first-order valence-corrected chi connectivity index (χ1v) is 7.29. The van der Waals surface area contributed by atoms with E-state index < -0.39 is 22.4 Å². The van der Waals surface area contributed by atoms with Gasteiger partial charge in [0.25, 0.3) is 5.69 Å². The van der Waals surface area contributed by atoms with Crippen LogP contribution < -0.4 is 5.43 Å². The molecule has 2 rings (SSSR count). The van der Waals surface area contributed by atoms with E-state index in [1.54, 1.807) is 19.1 Å². The van der Waals surface area contributed by atoms with Crippen molar-refractivity contribution in [1.29, 1.82) is 0 Å². The molecule has 0 aliphatic heterocycles. The predicted octanol–water partition coefficient (Wildman–Crippen LogP) is 5.16. The molecule has 0 unspecified atom stereocenters. The van der Waals surface area contributed by atoms with Crippen molar-refractivity contribution in [2.24, 2.45) is 5.10 Å². The molecule has 0 atom stereocenters. The first kappa shape index (κ1) is 17.2. The summed E-state index contributed by atoms with van der Waals surface area (Å²) in [5, 5.41) is 14.9. The van der Waals surface area contributed by atoms with Gasteiger partial charge >= 0.3 is 6.18 Å². The van der Waals surface area contributed by atoms with Gasteiger partial charge in [-0.3, -0.25) is 15.5 Å². The molecule has 0 fully saturated rings. The van der Waals surface area contributed by atoms with Gasteiger partial charge in [0, 0.05) is 6.07 Å². The van der Waals surface area contributed by atoms with Crippen molar-refractivity contribution < 1.29 is 18.1 Å². The molecule has 2 aromatic rings. The molecule has 1 aromatic carbocycles. The fourth-order valence-electron chi connectivity index (χ4n) is 1.66. The Morgan fingerprint density at radius 3 is 2.57 bits per heavy atom. The predicted molar refractivity (Wildman–Crippen MR) is 83.3 cm³/mol. The number of alkyl halides is 3. The fourth-order valence-corrected chi connectivity index (χ4v) is 2.65. The first-order valence-electron chi connectivity index (χ1n) is 6.10. The molecule has 5 nitrogen and oxygen atoms in total. The second-order valence-corrected chi connectivity index (χ2v) is 6.11. The molecule has 122 valence electrons. The number of thiophene rings is 1. The summed E-state index contributed by atoms with van der Waals surface area (Å²) in [6.45, 7) is 1.64. The van der Waals surface area contributed by atoms with Crippen LogP contribution in [0.2, 0.25) is 4.34 Å². The normalized spacial score (nSPS) is 12.3. The van der Waals surface area contributed by atoms with Crippen molar-refractivity contribution in [2.45, 2.75) is 13.1 Å². The third kappa shape index (κ3) is 4.20. The molecule has 0 bridgehead atoms. The summed E-state index contributed by atoms with van der Waals surface area (Å²) in [6, 6.07) is 5.58. The molecule has 10 heteroatoms. The highest BCUT2D eigenvalue weighted by Crippen LogP contribution is 2.35. The van der Waals surface area contributed by atoms with E-state index in [-0.39, 0.29) is 5.69 Å². The van der Waals surface area contributed by atoms with Crippen LogP contribution in [0, 0.1) is 10.1 Å². The highest BCUT2D eigenvalue weighted by molar-refractivity contribution is 7.18. The quantitative estimate of drug-likeness (QED) is 0.463. The molecule has 0 spiro atoms. The van der Waals surface area contributed by atoms with Gasteiger partial charge < -0.3 is 0 Å². The number of anilines is 1. The molecule has 0 amide bonds. The zero-order valence-corrected chi connectivity index (χ0v) is 13.1. The Labute approximate surface area is 137 Å². The second kappa shape index (κ2) is 6.55. The molecule has 1 aromatic heterocycles. The summed E-state index contributed by atoms with van der Waals surface area (Å²) in [5.74, 6) is 0. The zero-order valence-electron chi connectivity index (χ0n) is 11.5. The SMILES string of the molecule is CC(=NNc1ccc(C(F)(F)F)cc1[N+](=O)[O-])c1ccc(Cl)s1. The van der Waals surface area contributed by atoms with Crippen molar-refractivity contribution in [2.75, 3.05) is 5.43 Å². The summed E-state index contributed by atoms with van der Waals surface area (Å²) in [5.41, 5.74) is 0.981. The number of nitrogens with one attached hydrogen (secondary N) is 1. The van der Waals surface area contributed by atoms with Crippen LogP contribution in [0.4, 0.5) is 24.5 Å². The monoisotopic (exact) mass is 363 g/mol. The largest absolute Gasteiger partial charge is 0.416 e. The van der Waals surface area contributed by atoms with Crippen LogP contribution in [0.1, 0.15) is 17.4 Å². The highest BCUT2D eigenvalue weighted by atomic mass is 35.5. The topological polar surface area (TPSA) is 67.5 Å². The van der Waals surface area contributed by atoms with Gasteiger partial charge in [0.05, 0.1) is 25.4 Å². The van der Waals surface area contributed by atoms with Crippen LogP contribution in [-0.2, 0) is 6.18 Å². The van der Waals surface area contributed by atoms with Crippen molar-refractivity contribution in [1.82, 2.24) is 0 Å². The van der Waals surface area contributed by atoms with Crippen LogP contribution in [0.3, 0.4) is 0 Å². The fraction of sp³-hybridized carbons (Fsp3) is 0.154. The minimum absolute atomic E-state index is 0.134. The standard InChI is InChI=1S/C13H9ClF3N3O2S/c1-7(11-4-5-12(14)23-11)18-19-9-3-2-8(13(15,16)17)6-10(9)20(21)22/h2-6,19H,1H3. The van der Waals surface area contributed by atoms with E-state index in [1.807, 2.05) is 0 Å². The maximum absolute atomic E-state index is 12.6. The first-order chi connectivity index (χ1) is 10.7. The number of nitrogens with zero attached hydrogens (tertiary/aromatic N) is 2. The third-order valence-corrected chi connectivity index (χ3v) is 4.14. The lowest BCUT2D eigenvalue weighted by molar-refractivity contribution is -0.384. The van der Waals surface area contributed by atoms with Gasteiger partial charge in [-0.25, -0.2) is 0 Å². The number of hydrazone groups is 1. The summed E-state index contributed by atoms with van der Waals surface area (Å²) in [6.07, 6.45) is -4.66. The van der Waals surface area contributed by atoms with Gasteiger partial charge in [-0.2, -0.15) is 18.3 Å². The summed E-state index contributed by atoms with van der Waals surface area (Å²) < 4.78 is 38.4. The number of nitro benzene ring substituents is 1. The van der Waals surface area contributed by atoms with Crippen LogP contribution >= 0.6 is 22.9 Å². The van der Waals surface area contributed by atoms with Crippen molar-refractivity contribution in [3.8, 4) is 0 Å². The maximum atomic E-state index is 12.6. The summed E-state index contributed by atoms with van der Waals surface area (Å²) >= 11 is 7.06. The van der Waals surface area contributed by atoms with Crippen molar-refractivity contribution in [3.05, 3.63) is 55.2 Å². The summed E-state index contributed by atoms with van der Waals surface area (Å²) in [7, 11) is 0. The van der Waals surface area contributed by atoms with Crippen LogP contribution in [0.15, 0.2) is 35.4 Å². The molecule has 0 radical (unpaired) electrons. The van der Waals surface area contributed by atoms with Gasteiger partial charge in [0.2, 0.25) is 0 Å². The number of nitro groups is 1. The molecule has 1 N–H and O–H groups in total. The lowest BCUT2D eigenvalue weighted by atomic mass is 10.1. The zero-order chi connectivity index (χ0) is 17.2. The van der Waals surface area contributed by atoms with E-state index in [0.717, 1.165) is 17.0 Å². The van der Waals surface area contributed by atoms with Gasteiger partial charge in [0.1, 0.15) is 5.69 Å². The van der Waals surface area contributed by atoms with Gasteiger partial charge in [-0.15, -0.1) is 11.3 Å². The van der Waals surface area contributed by atoms with Crippen molar-refractivity contribution in [3.63, 3.8) is 0 Å². The van der Waals surface area contributed by atoms with E-state index in [2.05, 4.69) is 10.5 Å². The molecule has 1 heterocycles. The molecular weight excluding hydrogens is 355 g/mol. The summed E-state index contributed by atoms with van der Waals surface area (Å²) in [4.78, 5) is 10.8. The van der Waals surface area contributed by atoms with Crippen LogP contribution in [-0.4, -0.2) is 10.6 Å². The van der Waals surface area contributed by atoms with Crippen LogP contribution in [0.5, 0.6) is 0 Å². The molecule has 0 aliphatic rings. The molecule has 0 aliphatic carbocycles. The second-order valence-electron chi connectivity index (χ2n) is 4.40. The molecular formula is C13H9ClF3N3O2S. The number of hydrogen-bond acceptors (Lipinski definition) is 5. The maximum Gasteiger partial charge on any atom is 0.416 e. The Kier molecular flexibility index (Phi) is 4.90. The lowest BCUT2D eigenvalue weighted by Crippen LogP contribution is -2.07. The van der Waals surface area contributed by atoms with E-state index in [9.17, 15) is 23.3 Å². The van der Waals surface area contributed by atoms with E-state index in [4.69, 9.17) is 11.6 Å². The van der Waals surface area contributed by atoms with Gasteiger partial charge in [-0.1, -0.05) is 11.6 Å².